The number of hydrogen-bond donors (Lipinski definition) is 1. The molecule has 0 amide bonds. The predicted octanol–water partition coefficient (Wildman–Crippen LogP) is 3.57. The number of piperidine rings is 2. The molecule has 1 N–H and O–H groups in total. The number of anilines is 1. The molecule has 2 aromatic rings. The normalized spacial score (nSPS) is 20.1. The summed E-state index contributed by atoms with van der Waals surface area (Å²) >= 11 is 0. The van der Waals surface area contributed by atoms with E-state index in [1.807, 2.05) is 13.1 Å². The Kier molecular flexibility index (Phi) is 6.29. The number of unbranched alkanes of at least 4 members (excludes halogenated alkanes) is 1. The van der Waals surface area contributed by atoms with Crippen LogP contribution in [0.2, 0.25) is 0 Å². The zero-order valence-corrected chi connectivity index (χ0v) is 17.4. The fraction of sp³-hybridized carbons (Fsp3) is 0.762. The number of nitrogens with zero attached hydrogens (tertiary/aromatic N) is 5. The number of H-pyrrole nitrogens is 1. The van der Waals surface area contributed by atoms with Crippen molar-refractivity contribution in [3.05, 3.63) is 23.6 Å². The Balaban J connectivity index is 1.20. The largest absolute Gasteiger partial charge is 0.345 e. The van der Waals surface area contributed by atoms with Gasteiger partial charge in [0.05, 0.1) is 0 Å². The minimum absolute atomic E-state index is 0.652. The summed E-state index contributed by atoms with van der Waals surface area (Å²) in [6.07, 6.45) is 10.7. The third-order valence-electron chi connectivity index (χ3n) is 6.48. The number of hydrogen-bond acceptors (Lipinski definition) is 6. The van der Waals surface area contributed by atoms with Gasteiger partial charge in [-0.05, 0) is 62.2 Å². The molecule has 0 radical (unpaired) electrons. The summed E-state index contributed by atoms with van der Waals surface area (Å²) in [6, 6.07) is 0. The molecule has 7 heteroatoms. The number of imidazole rings is 1. The van der Waals surface area contributed by atoms with Crippen LogP contribution in [-0.2, 0) is 13.0 Å². The van der Waals surface area contributed by atoms with E-state index in [0.717, 1.165) is 49.7 Å². The molecule has 0 aromatic carbocycles. The quantitative estimate of drug-likeness (QED) is 0.784. The monoisotopic (exact) mass is 386 g/mol. The van der Waals surface area contributed by atoms with Crippen LogP contribution in [0.25, 0.3) is 0 Å². The highest BCUT2D eigenvalue weighted by Crippen LogP contribution is 2.33. The van der Waals surface area contributed by atoms with Gasteiger partial charge in [0.15, 0.2) is 0 Å². The second-order valence-corrected chi connectivity index (χ2v) is 8.51. The molecule has 0 bridgehead atoms. The van der Waals surface area contributed by atoms with E-state index in [1.165, 1.54) is 57.3 Å². The van der Waals surface area contributed by atoms with Crippen LogP contribution in [0.1, 0.15) is 62.9 Å². The molecule has 0 atom stereocenters. The smallest absolute Gasteiger partial charge is 0.266 e. The molecule has 2 aliphatic rings. The Morgan fingerprint density at radius 1 is 1.11 bits per heavy atom. The van der Waals surface area contributed by atoms with Crippen molar-refractivity contribution in [1.82, 2.24) is 25.0 Å². The molecule has 4 rings (SSSR count). The molecule has 0 unspecified atom stereocenters. The van der Waals surface area contributed by atoms with Crippen LogP contribution in [0.3, 0.4) is 0 Å². The average molecular weight is 387 g/mol. The lowest BCUT2D eigenvalue weighted by Gasteiger charge is -2.39. The lowest BCUT2D eigenvalue weighted by molar-refractivity contribution is 0.128. The van der Waals surface area contributed by atoms with Crippen LogP contribution in [0.4, 0.5) is 5.95 Å². The van der Waals surface area contributed by atoms with E-state index in [9.17, 15) is 0 Å². The van der Waals surface area contributed by atoms with Gasteiger partial charge in [-0.25, -0.2) is 4.98 Å². The van der Waals surface area contributed by atoms with Crippen molar-refractivity contribution in [3.8, 4) is 0 Å². The maximum absolute atomic E-state index is 5.13. The van der Waals surface area contributed by atoms with Crippen LogP contribution in [0.15, 0.2) is 10.7 Å². The van der Waals surface area contributed by atoms with Crippen molar-refractivity contribution in [2.45, 2.75) is 65.3 Å². The van der Waals surface area contributed by atoms with Crippen molar-refractivity contribution >= 4 is 5.95 Å². The maximum Gasteiger partial charge on any atom is 0.266 e. The van der Waals surface area contributed by atoms with E-state index in [1.54, 1.807) is 0 Å². The van der Waals surface area contributed by atoms with Crippen molar-refractivity contribution in [3.63, 3.8) is 0 Å². The molecule has 4 heterocycles. The maximum atomic E-state index is 5.13. The third kappa shape index (κ3) is 4.74. The number of aromatic amines is 1. The van der Waals surface area contributed by atoms with E-state index in [4.69, 9.17) is 4.52 Å². The lowest BCUT2D eigenvalue weighted by atomic mass is 9.79. The number of likely N-dealkylation sites (tertiary alicyclic amines) is 1. The average Bonchev–Trinajstić information content (AvgIpc) is 3.36. The molecular weight excluding hydrogens is 352 g/mol. The number of nitrogens with one attached hydrogen (secondary N) is 1. The first-order valence-electron chi connectivity index (χ1n) is 11.0. The SMILES string of the molecule is CCCCc1ncc(CN2CCC(C3CCN(c4noc(C)n4)CC3)CC2)[nH]1. The topological polar surface area (TPSA) is 74.1 Å². The van der Waals surface area contributed by atoms with E-state index in [-0.39, 0.29) is 0 Å². The first-order chi connectivity index (χ1) is 13.7. The van der Waals surface area contributed by atoms with Crippen LogP contribution >= 0.6 is 0 Å². The summed E-state index contributed by atoms with van der Waals surface area (Å²) in [5.74, 6) is 4.28. The highest BCUT2D eigenvalue weighted by Gasteiger charge is 2.30. The number of aryl methyl sites for hydroxylation is 2. The van der Waals surface area contributed by atoms with Gasteiger partial charge in [0.2, 0.25) is 5.89 Å². The summed E-state index contributed by atoms with van der Waals surface area (Å²) < 4.78 is 5.13. The van der Waals surface area contributed by atoms with Gasteiger partial charge in [-0.15, -0.1) is 0 Å². The van der Waals surface area contributed by atoms with Crippen LogP contribution < -0.4 is 4.90 Å². The Bertz CT molecular complexity index is 725. The van der Waals surface area contributed by atoms with E-state index < -0.39 is 0 Å². The van der Waals surface area contributed by atoms with Gasteiger partial charge in [-0.1, -0.05) is 13.3 Å². The highest BCUT2D eigenvalue weighted by atomic mass is 16.5. The molecular formula is C21H34N6O. The van der Waals surface area contributed by atoms with Crippen LogP contribution in [0, 0.1) is 18.8 Å². The summed E-state index contributed by atoms with van der Waals surface area (Å²) in [4.78, 5) is 17.3. The van der Waals surface area contributed by atoms with Gasteiger partial charge in [0, 0.05) is 44.9 Å². The van der Waals surface area contributed by atoms with E-state index in [2.05, 4.69) is 36.8 Å². The van der Waals surface area contributed by atoms with Gasteiger partial charge in [0.25, 0.3) is 5.95 Å². The zero-order chi connectivity index (χ0) is 19.3. The Labute approximate surface area is 167 Å². The number of aromatic nitrogens is 4. The van der Waals surface area contributed by atoms with Gasteiger partial charge in [-0.3, -0.25) is 4.90 Å². The fourth-order valence-electron chi connectivity index (χ4n) is 4.77. The summed E-state index contributed by atoms with van der Waals surface area (Å²) in [5.41, 5.74) is 1.27. The van der Waals surface area contributed by atoms with Gasteiger partial charge < -0.3 is 14.4 Å². The Morgan fingerprint density at radius 3 is 2.46 bits per heavy atom. The molecule has 154 valence electrons. The standard InChI is InChI=1S/C21H34N6O/c1-3-4-5-20-22-14-19(24-20)15-26-10-6-17(7-11-26)18-8-12-27(13-9-18)21-23-16(2)28-25-21/h14,17-18H,3-13,15H2,1-2H3,(H,22,24). The second kappa shape index (κ2) is 9.07. The molecule has 0 saturated carbocycles. The summed E-state index contributed by atoms with van der Waals surface area (Å²) in [7, 11) is 0. The molecule has 7 nitrogen and oxygen atoms in total. The Hall–Kier alpha value is -1.89. The van der Waals surface area contributed by atoms with E-state index >= 15 is 0 Å². The molecule has 2 fully saturated rings. The third-order valence-corrected chi connectivity index (χ3v) is 6.48. The van der Waals surface area contributed by atoms with Crippen molar-refractivity contribution < 1.29 is 4.52 Å². The molecule has 0 aliphatic carbocycles. The molecule has 0 spiro atoms. The molecule has 28 heavy (non-hydrogen) atoms. The minimum atomic E-state index is 0.652. The van der Waals surface area contributed by atoms with Crippen molar-refractivity contribution in [1.29, 1.82) is 0 Å². The summed E-state index contributed by atoms with van der Waals surface area (Å²) in [5, 5.41) is 4.07. The molecule has 2 aromatic heterocycles. The first-order valence-corrected chi connectivity index (χ1v) is 11.0. The van der Waals surface area contributed by atoms with Gasteiger partial charge in [0.1, 0.15) is 5.82 Å². The zero-order valence-electron chi connectivity index (χ0n) is 17.4. The summed E-state index contributed by atoms with van der Waals surface area (Å²) in [6.45, 7) is 9.62. The lowest BCUT2D eigenvalue weighted by Crippen LogP contribution is -2.41. The van der Waals surface area contributed by atoms with E-state index in [0.29, 0.717) is 5.89 Å². The van der Waals surface area contributed by atoms with Crippen LogP contribution in [0.5, 0.6) is 0 Å². The Morgan fingerprint density at radius 2 is 1.82 bits per heavy atom. The molecule has 2 saturated heterocycles. The predicted molar refractivity (Wildman–Crippen MR) is 109 cm³/mol. The van der Waals surface area contributed by atoms with Gasteiger partial charge in [-0.2, -0.15) is 4.98 Å². The highest BCUT2D eigenvalue weighted by molar-refractivity contribution is 5.28. The van der Waals surface area contributed by atoms with Crippen molar-refractivity contribution in [2.24, 2.45) is 11.8 Å². The fourth-order valence-corrected chi connectivity index (χ4v) is 4.77. The number of rotatable bonds is 7. The van der Waals surface area contributed by atoms with Crippen LogP contribution in [-0.4, -0.2) is 51.2 Å². The minimum Gasteiger partial charge on any atom is -0.345 e. The molecule has 2 aliphatic heterocycles. The first kappa shape index (κ1) is 19.4. The van der Waals surface area contributed by atoms with Gasteiger partial charge >= 0.3 is 0 Å². The second-order valence-electron chi connectivity index (χ2n) is 8.51. The van der Waals surface area contributed by atoms with Crippen molar-refractivity contribution in [2.75, 3.05) is 31.1 Å².